The lowest BCUT2D eigenvalue weighted by atomic mass is 9.88. The van der Waals surface area contributed by atoms with Crippen molar-refractivity contribution in [2.75, 3.05) is 0 Å². The van der Waals surface area contributed by atoms with Crippen LogP contribution in [0.15, 0.2) is 144 Å². The number of nitrogens with two attached hydrogens (primary N) is 1. The number of aliphatic hydroxyl groups is 1. The molecule has 5 aromatic carbocycles. The van der Waals surface area contributed by atoms with Crippen LogP contribution >= 0.6 is 15.9 Å². The maximum absolute atomic E-state index is 14.3. The Morgan fingerprint density at radius 1 is 0.559 bits per heavy atom. The van der Waals surface area contributed by atoms with E-state index < -0.39 is 53.8 Å². The van der Waals surface area contributed by atoms with Crippen molar-refractivity contribution in [2.45, 2.75) is 70.2 Å². The monoisotopic (exact) mass is 858 g/mol. The number of primary amides is 1. The standard InChI is InChI=1S/C48H51BrN4O6/c1-31(2)26-42(48(59)52-41(45(50)56)29-34-16-10-5-11-17-34)53-47(58)38(27-32-12-6-3-7-13-32)30-43(54)40(28-33-14-8-4-9-15-33)51-46(57)37-20-18-35(19-21-37)44(55)36-22-24-39(49)25-23-36/h3-25,31,38,40-43,54H,26-30H2,1-2H3,(H2,50,56)(H,51,57)(H,52,59)(H,53,58)/t38-,40-,41-,42-,43+/m0/s1. The predicted molar refractivity (Wildman–Crippen MR) is 232 cm³/mol. The minimum absolute atomic E-state index is 0.00351. The summed E-state index contributed by atoms with van der Waals surface area (Å²) in [5.74, 6) is -3.14. The van der Waals surface area contributed by atoms with E-state index in [1.807, 2.05) is 105 Å². The molecule has 59 heavy (non-hydrogen) atoms. The van der Waals surface area contributed by atoms with Gasteiger partial charge in [-0.2, -0.15) is 0 Å². The first-order chi connectivity index (χ1) is 28.4. The normalized spacial score (nSPS) is 13.6. The lowest BCUT2D eigenvalue weighted by Crippen LogP contribution is -2.55. The van der Waals surface area contributed by atoms with Crippen LogP contribution in [0.25, 0.3) is 0 Å². The maximum atomic E-state index is 14.3. The highest BCUT2D eigenvalue weighted by molar-refractivity contribution is 9.10. The van der Waals surface area contributed by atoms with E-state index in [0.717, 1.165) is 21.2 Å². The summed E-state index contributed by atoms with van der Waals surface area (Å²) in [5.41, 5.74) is 9.48. The van der Waals surface area contributed by atoms with Gasteiger partial charge in [0.1, 0.15) is 12.1 Å². The molecule has 5 aromatic rings. The second-order valence-electron chi connectivity index (χ2n) is 15.2. The van der Waals surface area contributed by atoms with Crippen LogP contribution in [-0.2, 0) is 33.6 Å². The number of hydrogen-bond acceptors (Lipinski definition) is 6. The molecule has 0 radical (unpaired) electrons. The average Bonchev–Trinajstić information content (AvgIpc) is 3.23. The summed E-state index contributed by atoms with van der Waals surface area (Å²) in [7, 11) is 0. The third kappa shape index (κ3) is 13.6. The van der Waals surface area contributed by atoms with E-state index in [-0.39, 0.29) is 43.8 Å². The quantitative estimate of drug-likeness (QED) is 0.0570. The Labute approximate surface area is 354 Å². The van der Waals surface area contributed by atoms with Crippen LogP contribution in [0.5, 0.6) is 0 Å². The highest BCUT2D eigenvalue weighted by Gasteiger charge is 2.33. The number of carbonyl (C=O) groups excluding carboxylic acids is 5. The number of hydrogen-bond donors (Lipinski definition) is 5. The summed E-state index contributed by atoms with van der Waals surface area (Å²) in [6, 6.07) is 38.5. The SMILES string of the molecule is CC(C)C[C@H](NC(=O)[C@@H](Cc1ccccc1)C[C@@H](O)[C@H](Cc1ccccc1)NC(=O)c1ccc(C(=O)c2ccc(Br)cc2)cc1)C(=O)N[C@@H](Cc1ccccc1)C(N)=O. The van der Waals surface area contributed by atoms with Crippen molar-refractivity contribution < 1.29 is 29.1 Å². The zero-order valence-electron chi connectivity index (χ0n) is 33.2. The van der Waals surface area contributed by atoms with Gasteiger partial charge < -0.3 is 26.8 Å². The minimum atomic E-state index is -1.20. The smallest absolute Gasteiger partial charge is 0.251 e. The number of benzene rings is 5. The van der Waals surface area contributed by atoms with Crippen molar-refractivity contribution in [3.05, 3.63) is 177 Å². The zero-order valence-corrected chi connectivity index (χ0v) is 34.8. The summed E-state index contributed by atoms with van der Waals surface area (Å²) >= 11 is 3.38. The fourth-order valence-corrected chi connectivity index (χ4v) is 7.18. The molecule has 5 rings (SSSR count). The van der Waals surface area contributed by atoms with E-state index in [1.54, 1.807) is 48.5 Å². The molecule has 11 heteroatoms. The van der Waals surface area contributed by atoms with Gasteiger partial charge >= 0.3 is 0 Å². The molecule has 0 spiro atoms. The fraction of sp³-hybridized carbons (Fsp3) is 0.271. The molecule has 0 saturated carbocycles. The van der Waals surface area contributed by atoms with Gasteiger partial charge in [-0.1, -0.05) is 133 Å². The van der Waals surface area contributed by atoms with Crippen LogP contribution in [0.2, 0.25) is 0 Å². The molecule has 0 unspecified atom stereocenters. The van der Waals surface area contributed by atoms with Crippen molar-refractivity contribution in [2.24, 2.45) is 17.6 Å². The Balaban J connectivity index is 1.35. The first-order valence-corrected chi connectivity index (χ1v) is 20.6. The van der Waals surface area contributed by atoms with Crippen molar-refractivity contribution >= 4 is 45.3 Å². The predicted octanol–water partition coefficient (Wildman–Crippen LogP) is 6.37. The van der Waals surface area contributed by atoms with Gasteiger partial charge in [-0.15, -0.1) is 0 Å². The van der Waals surface area contributed by atoms with E-state index in [4.69, 9.17) is 5.73 Å². The topological polar surface area (TPSA) is 168 Å². The van der Waals surface area contributed by atoms with Crippen LogP contribution in [0.4, 0.5) is 0 Å². The molecule has 4 amide bonds. The number of halogens is 1. The summed E-state index contributed by atoms with van der Waals surface area (Å²) in [6.07, 6.45) is -0.253. The summed E-state index contributed by atoms with van der Waals surface area (Å²) < 4.78 is 0.855. The number of amides is 4. The molecular formula is C48H51BrN4O6. The fourth-order valence-electron chi connectivity index (χ4n) is 6.92. The Morgan fingerprint density at radius 2 is 1.02 bits per heavy atom. The van der Waals surface area contributed by atoms with Gasteiger partial charge in [0.15, 0.2) is 5.78 Å². The second-order valence-corrected chi connectivity index (χ2v) is 16.1. The molecule has 5 atom stereocenters. The number of nitrogens with one attached hydrogen (secondary N) is 3. The van der Waals surface area contributed by atoms with Gasteiger partial charge in [0.05, 0.1) is 12.1 Å². The highest BCUT2D eigenvalue weighted by Crippen LogP contribution is 2.21. The molecular weight excluding hydrogens is 808 g/mol. The molecule has 306 valence electrons. The Kier molecular flexibility index (Phi) is 16.3. The van der Waals surface area contributed by atoms with Crippen LogP contribution in [0.1, 0.15) is 69.7 Å². The van der Waals surface area contributed by atoms with Crippen LogP contribution < -0.4 is 21.7 Å². The summed E-state index contributed by atoms with van der Waals surface area (Å²) in [5, 5.41) is 20.7. The average molecular weight is 860 g/mol. The molecule has 0 bridgehead atoms. The minimum Gasteiger partial charge on any atom is -0.391 e. The van der Waals surface area contributed by atoms with Crippen molar-refractivity contribution in [3.8, 4) is 0 Å². The first-order valence-electron chi connectivity index (χ1n) is 19.8. The molecule has 0 fully saturated rings. The zero-order chi connectivity index (χ0) is 42.3. The molecule has 0 heterocycles. The third-order valence-electron chi connectivity index (χ3n) is 10.1. The largest absolute Gasteiger partial charge is 0.391 e. The summed E-state index contributed by atoms with van der Waals surface area (Å²) in [6.45, 7) is 3.86. The third-order valence-corrected chi connectivity index (χ3v) is 10.6. The summed E-state index contributed by atoms with van der Waals surface area (Å²) in [4.78, 5) is 67.4. The van der Waals surface area contributed by atoms with Crippen molar-refractivity contribution in [1.29, 1.82) is 0 Å². The first kappa shape index (κ1) is 44.2. The Hall–Kier alpha value is -5.91. The molecule has 0 saturated heterocycles. The number of carbonyl (C=O) groups is 5. The van der Waals surface area contributed by atoms with Crippen LogP contribution in [0.3, 0.4) is 0 Å². The van der Waals surface area contributed by atoms with E-state index in [0.29, 0.717) is 16.7 Å². The molecule has 0 aromatic heterocycles. The van der Waals surface area contributed by atoms with Crippen molar-refractivity contribution in [1.82, 2.24) is 16.0 Å². The molecule has 0 aliphatic carbocycles. The van der Waals surface area contributed by atoms with Gasteiger partial charge in [0.2, 0.25) is 17.7 Å². The van der Waals surface area contributed by atoms with Crippen LogP contribution in [-0.4, -0.2) is 58.7 Å². The molecule has 0 aliphatic rings. The number of ketones is 1. The van der Waals surface area contributed by atoms with Gasteiger partial charge in [-0.25, -0.2) is 0 Å². The van der Waals surface area contributed by atoms with Gasteiger partial charge in [-0.05, 0) is 84.7 Å². The van der Waals surface area contributed by atoms with Gasteiger partial charge in [-0.3, -0.25) is 24.0 Å². The van der Waals surface area contributed by atoms with Gasteiger partial charge in [0.25, 0.3) is 5.91 Å². The van der Waals surface area contributed by atoms with E-state index >= 15 is 0 Å². The van der Waals surface area contributed by atoms with Crippen molar-refractivity contribution in [3.63, 3.8) is 0 Å². The molecule has 6 N–H and O–H groups in total. The van der Waals surface area contributed by atoms with Gasteiger partial charge in [0, 0.05) is 33.5 Å². The number of aliphatic hydroxyl groups excluding tert-OH is 1. The van der Waals surface area contributed by atoms with Crippen LogP contribution in [0, 0.1) is 11.8 Å². The van der Waals surface area contributed by atoms with E-state index in [9.17, 15) is 29.1 Å². The Bertz CT molecular complexity index is 2150. The second kappa shape index (κ2) is 21.7. The van der Waals surface area contributed by atoms with E-state index in [2.05, 4.69) is 31.9 Å². The number of rotatable bonds is 20. The maximum Gasteiger partial charge on any atom is 0.251 e. The Morgan fingerprint density at radius 3 is 1.53 bits per heavy atom. The lowest BCUT2D eigenvalue weighted by molar-refractivity contribution is -0.133. The molecule has 10 nitrogen and oxygen atoms in total. The van der Waals surface area contributed by atoms with E-state index in [1.165, 1.54) is 0 Å². The highest BCUT2D eigenvalue weighted by atomic mass is 79.9. The molecule has 0 aliphatic heterocycles. The lowest BCUT2D eigenvalue weighted by Gasteiger charge is -2.29.